The molecule has 7 nitrogen and oxygen atoms in total. The van der Waals surface area contributed by atoms with E-state index < -0.39 is 11.9 Å². The van der Waals surface area contributed by atoms with Crippen molar-refractivity contribution in [1.29, 1.82) is 0 Å². The molecule has 2 amide bonds. The highest BCUT2D eigenvalue weighted by Gasteiger charge is 2.27. The van der Waals surface area contributed by atoms with Gasteiger partial charge in [-0.25, -0.2) is 4.79 Å². The van der Waals surface area contributed by atoms with Gasteiger partial charge in [-0.1, -0.05) is 18.2 Å². The number of aryl methyl sites for hydroxylation is 1. The maximum atomic E-state index is 12.1. The molecule has 0 aliphatic carbocycles. The van der Waals surface area contributed by atoms with Crippen molar-refractivity contribution in [2.24, 2.45) is 0 Å². The lowest BCUT2D eigenvalue weighted by atomic mass is 10.2. The molecule has 0 saturated carbocycles. The quantitative estimate of drug-likeness (QED) is 0.802. The van der Waals surface area contributed by atoms with Crippen LogP contribution in [-0.4, -0.2) is 65.5 Å². The van der Waals surface area contributed by atoms with Crippen molar-refractivity contribution in [3.63, 3.8) is 0 Å². The summed E-state index contributed by atoms with van der Waals surface area (Å²) >= 11 is 0. The van der Waals surface area contributed by atoms with Crippen LogP contribution < -0.4 is 4.74 Å². The van der Waals surface area contributed by atoms with Gasteiger partial charge in [0.1, 0.15) is 5.75 Å². The van der Waals surface area contributed by atoms with Crippen molar-refractivity contribution in [1.82, 2.24) is 9.80 Å². The van der Waals surface area contributed by atoms with Gasteiger partial charge in [-0.15, -0.1) is 0 Å². The van der Waals surface area contributed by atoms with Crippen molar-refractivity contribution in [3.05, 3.63) is 29.8 Å². The van der Waals surface area contributed by atoms with E-state index in [1.54, 1.807) is 11.0 Å². The molecular weight excluding hydrogens is 288 g/mol. The van der Waals surface area contributed by atoms with Gasteiger partial charge in [-0.3, -0.25) is 9.59 Å². The van der Waals surface area contributed by atoms with E-state index in [0.717, 1.165) is 5.56 Å². The van der Waals surface area contributed by atoms with Crippen LogP contribution in [0.15, 0.2) is 24.3 Å². The Hall–Kier alpha value is -2.57. The number of carbonyl (C=O) groups excluding carboxylic acids is 2. The van der Waals surface area contributed by atoms with Crippen molar-refractivity contribution in [3.8, 4) is 5.75 Å². The highest BCUT2D eigenvalue weighted by molar-refractivity contribution is 6.31. The third kappa shape index (κ3) is 3.75. The van der Waals surface area contributed by atoms with Gasteiger partial charge in [0.2, 0.25) is 0 Å². The average Bonchev–Trinajstić information content (AvgIpc) is 2.53. The average molecular weight is 306 g/mol. The van der Waals surface area contributed by atoms with Crippen molar-refractivity contribution in [2.45, 2.75) is 6.92 Å². The van der Waals surface area contributed by atoms with Gasteiger partial charge in [0.15, 0.2) is 6.61 Å². The first-order chi connectivity index (χ1) is 10.5. The highest BCUT2D eigenvalue weighted by atomic mass is 16.5. The summed E-state index contributed by atoms with van der Waals surface area (Å²) in [5.74, 6) is -1.91. The van der Waals surface area contributed by atoms with E-state index in [0.29, 0.717) is 18.8 Å². The smallest absolute Gasteiger partial charge is 0.394 e. The van der Waals surface area contributed by atoms with Crippen LogP contribution in [0.25, 0.3) is 0 Å². The highest BCUT2D eigenvalue weighted by Crippen LogP contribution is 2.16. The topological polar surface area (TPSA) is 87.2 Å². The molecule has 118 valence electrons. The number of benzene rings is 1. The molecule has 1 aliphatic rings. The minimum Gasteiger partial charge on any atom is -0.484 e. The first kappa shape index (κ1) is 15.8. The van der Waals surface area contributed by atoms with Crippen LogP contribution in [-0.2, 0) is 14.4 Å². The lowest BCUT2D eigenvalue weighted by Gasteiger charge is -2.33. The number of hydrogen-bond donors (Lipinski definition) is 1. The number of aliphatic carboxylic acids is 1. The molecule has 1 aromatic rings. The Morgan fingerprint density at radius 1 is 1.09 bits per heavy atom. The SMILES string of the molecule is Cc1ccccc1OCC(=O)N1CCN(C(=O)C(=O)O)CC1. The van der Waals surface area contributed by atoms with Gasteiger partial charge in [-0.05, 0) is 18.6 Å². The Balaban J connectivity index is 1.82. The molecule has 2 rings (SSSR count). The number of amides is 2. The number of carbonyl (C=O) groups is 3. The molecule has 22 heavy (non-hydrogen) atoms. The van der Waals surface area contributed by atoms with E-state index >= 15 is 0 Å². The number of piperazine rings is 1. The fourth-order valence-corrected chi connectivity index (χ4v) is 2.24. The van der Waals surface area contributed by atoms with Crippen molar-refractivity contribution >= 4 is 17.8 Å². The molecule has 1 saturated heterocycles. The molecular formula is C15H18N2O5. The Kier molecular flexibility index (Phi) is 4.98. The third-order valence-electron chi connectivity index (χ3n) is 3.55. The minimum absolute atomic E-state index is 0.0717. The van der Waals surface area contributed by atoms with E-state index in [9.17, 15) is 14.4 Å². The fraction of sp³-hybridized carbons (Fsp3) is 0.400. The zero-order valence-electron chi connectivity index (χ0n) is 12.3. The van der Waals surface area contributed by atoms with Gasteiger partial charge in [0.25, 0.3) is 5.91 Å². The second-order valence-electron chi connectivity index (χ2n) is 5.03. The van der Waals surface area contributed by atoms with Crippen LogP contribution in [0.1, 0.15) is 5.56 Å². The van der Waals surface area contributed by atoms with Crippen LogP contribution in [0, 0.1) is 6.92 Å². The molecule has 0 unspecified atom stereocenters. The lowest BCUT2D eigenvalue weighted by Crippen LogP contribution is -2.53. The molecule has 0 radical (unpaired) electrons. The number of para-hydroxylation sites is 1. The third-order valence-corrected chi connectivity index (χ3v) is 3.55. The van der Waals surface area contributed by atoms with Crippen LogP contribution >= 0.6 is 0 Å². The number of ether oxygens (including phenoxy) is 1. The Labute approximate surface area is 128 Å². The van der Waals surface area contributed by atoms with E-state index in [-0.39, 0.29) is 25.6 Å². The van der Waals surface area contributed by atoms with Gasteiger partial charge < -0.3 is 19.6 Å². The van der Waals surface area contributed by atoms with Crippen LogP contribution in [0.5, 0.6) is 5.75 Å². The first-order valence-electron chi connectivity index (χ1n) is 6.97. The molecule has 1 aromatic carbocycles. The Bertz CT molecular complexity index is 579. The van der Waals surface area contributed by atoms with Gasteiger partial charge in [-0.2, -0.15) is 0 Å². The Morgan fingerprint density at radius 2 is 1.68 bits per heavy atom. The largest absolute Gasteiger partial charge is 0.484 e. The minimum atomic E-state index is -1.47. The molecule has 7 heteroatoms. The predicted octanol–water partition coefficient (Wildman–Crippen LogP) is 0.129. The molecule has 1 N–H and O–H groups in total. The number of rotatable bonds is 3. The second-order valence-corrected chi connectivity index (χ2v) is 5.03. The lowest BCUT2D eigenvalue weighted by molar-refractivity contribution is -0.157. The van der Waals surface area contributed by atoms with Crippen molar-refractivity contribution in [2.75, 3.05) is 32.8 Å². The zero-order valence-corrected chi connectivity index (χ0v) is 12.3. The maximum absolute atomic E-state index is 12.1. The van der Waals surface area contributed by atoms with Crippen LogP contribution in [0.4, 0.5) is 0 Å². The molecule has 1 heterocycles. The van der Waals surface area contributed by atoms with E-state index in [1.807, 2.05) is 25.1 Å². The molecule has 0 aromatic heterocycles. The number of carboxylic acid groups (broad SMARTS) is 1. The first-order valence-corrected chi connectivity index (χ1v) is 6.97. The van der Waals surface area contributed by atoms with E-state index in [2.05, 4.69) is 0 Å². The molecule has 0 atom stereocenters. The van der Waals surface area contributed by atoms with Crippen LogP contribution in [0.2, 0.25) is 0 Å². The standard InChI is InChI=1S/C15H18N2O5/c1-11-4-2-3-5-12(11)22-10-13(18)16-6-8-17(9-7-16)14(19)15(20)21/h2-5H,6-10H2,1H3,(H,20,21). The predicted molar refractivity (Wildman–Crippen MR) is 77.5 cm³/mol. The van der Waals surface area contributed by atoms with Gasteiger partial charge in [0, 0.05) is 26.2 Å². The normalized spacial score (nSPS) is 14.6. The molecule has 1 aliphatic heterocycles. The Morgan fingerprint density at radius 3 is 2.27 bits per heavy atom. The number of nitrogens with zero attached hydrogens (tertiary/aromatic N) is 2. The summed E-state index contributed by atoms with van der Waals surface area (Å²) in [6.45, 7) is 2.90. The molecule has 1 fully saturated rings. The van der Waals surface area contributed by atoms with E-state index in [1.165, 1.54) is 4.90 Å². The van der Waals surface area contributed by atoms with Crippen LogP contribution in [0.3, 0.4) is 0 Å². The summed E-state index contributed by atoms with van der Waals surface area (Å²) in [6, 6.07) is 7.42. The maximum Gasteiger partial charge on any atom is 0.394 e. The monoisotopic (exact) mass is 306 g/mol. The van der Waals surface area contributed by atoms with Crippen molar-refractivity contribution < 1.29 is 24.2 Å². The van der Waals surface area contributed by atoms with E-state index in [4.69, 9.17) is 9.84 Å². The second kappa shape index (κ2) is 6.93. The van der Waals surface area contributed by atoms with Gasteiger partial charge in [0.05, 0.1) is 0 Å². The summed E-state index contributed by atoms with van der Waals surface area (Å²) in [7, 11) is 0. The number of carboxylic acids is 1. The summed E-state index contributed by atoms with van der Waals surface area (Å²) in [5.41, 5.74) is 0.951. The summed E-state index contributed by atoms with van der Waals surface area (Å²) in [6.07, 6.45) is 0. The summed E-state index contributed by atoms with van der Waals surface area (Å²) in [5, 5.41) is 8.65. The number of hydrogen-bond acceptors (Lipinski definition) is 4. The molecule has 0 spiro atoms. The summed E-state index contributed by atoms with van der Waals surface area (Å²) in [4.78, 5) is 36.8. The fourth-order valence-electron chi connectivity index (χ4n) is 2.24. The summed E-state index contributed by atoms with van der Waals surface area (Å²) < 4.78 is 5.50. The zero-order chi connectivity index (χ0) is 16.1. The van der Waals surface area contributed by atoms with Gasteiger partial charge >= 0.3 is 11.9 Å². The molecule has 0 bridgehead atoms.